The third kappa shape index (κ3) is 5.09. The third-order valence-corrected chi connectivity index (χ3v) is 6.35. The molecule has 1 saturated heterocycles. The van der Waals surface area contributed by atoms with E-state index in [1.54, 1.807) is 19.1 Å². The first-order chi connectivity index (χ1) is 17.6. The molecule has 8 nitrogen and oxygen atoms in total. The number of nitrogens with zero attached hydrogens (tertiary/aromatic N) is 5. The van der Waals surface area contributed by atoms with Crippen molar-refractivity contribution in [2.45, 2.75) is 37.7 Å². The van der Waals surface area contributed by atoms with Crippen molar-refractivity contribution in [2.75, 3.05) is 26.8 Å². The fourth-order valence-electron chi connectivity index (χ4n) is 4.77. The number of alkyl halides is 3. The molecule has 1 fully saturated rings. The molecule has 1 aliphatic heterocycles. The van der Waals surface area contributed by atoms with Crippen molar-refractivity contribution in [1.82, 2.24) is 24.5 Å². The predicted octanol–water partition coefficient (Wildman–Crippen LogP) is 4.13. The van der Waals surface area contributed by atoms with Gasteiger partial charge in [0.05, 0.1) is 6.61 Å². The highest BCUT2D eigenvalue weighted by Gasteiger charge is 2.46. The van der Waals surface area contributed by atoms with Crippen LogP contribution >= 0.6 is 0 Å². The van der Waals surface area contributed by atoms with E-state index in [9.17, 15) is 17.6 Å². The molecule has 37 heavy (non-hydrogen) atoms. The minimum absolute atomic E-state index is 0.0513. The molecule has 0 radical (unpaired) electrons. The van der Waals surface area contributed by atoms with Gasteiger partial charge in [0.15, 0.2) is 11.5 Å². The van der Waals surface area contributed by atoms with Crippen LogP contribution in [0, 0.1) is 5.82 Å². The Kier molecular flexibility index (Phi) is 6.73. The zero-order valence-electron chi connectivity index (χ0n) is 20.2. The van der Waals surface area contributed by atoms with Gasteiger partial charge in [0.1, 0.15) is 34.9 Å². The maximum absolute atomic E-state index is 14.2. The molecule has 1 aliphatic rings. The summed E-state index contributed by atoms with van der Waals surface area (Å²) >= 11 is 0. The second kappa shape index (κ2) is 9.84. The molecule has 0 amide bonds. The molecule has 2 N–H and O–H groups in total. The van der Waals surface area contributed by atoms with Crippen molar-refractivity contribution in [3.05, 3.63) is 54.0 Å². The Morgan fingerprint density at radius 1 is 1.16 bits per heavy atom. The second-order valence-corrected chi connectivity index (χ2v) is 9.26. The molecule has 3 atom stereocenters. The summed E-state index contributed by atoms with van der Waals surface area (Å²) in [5, 5.41) is 8.79. The molecule has 4 aromatic rings. The van der Waals surface area contributed by atoms with Crippen molar-refractivity contribution in [3.63, 3.8) is 0 Å². The lowest BCUT2D eigenvalue weighted by molar-refractivity contribution is -0.183. The Hall–Kier alpha value is -3.35. The summed E-state index contributed by atoms with van der Waals surface area (Å²) < 4.78 is 69.1. The number of rotatable bonds is 7. The van der Waals surface area contributed by atoms with E-state index in [-0.39, 0.29) is 49.0 Å². The van der Waals surface area contributed by atoms with Gasteiger partial charge >= 0.3 is 6.18 Å². The molecular weight excluding hydrogens is 492 g/mol. The van der Waals surface area contributed by atoms with Gasteiger partial charge in [0.2, 0.25) is 0 Å². The number of ether oxygens (including phenoxy) is 2. The van der Waals surface area contributed by atoms with Crippen molar-refractivity contribution in [1.29, 1.82) is 0 Å². The van der Waals surface area contributed by atoms with Crippen LogP contribution in [-0.4, -0.2) is 69.6 Å². The molecule has 12 heteroatoms. The number of halogens is 4. The van der Waals surface area contributed by atoms with Gasteiger partial charge < -0.3 is 15.2 Å². The highest BCUT2D eigenvalue weighted by molar-refractivity contribution is 5.86. The summed E-state index contributed by atoms with van der Waals surface area (Å²) in [6, 6.07) is 6.64. The van der Waals surface area contributed by atoms with E-state index in [2.05, 4.69) is 15.2 Å². The monoisotopic (exact) mass is 518 g/mol. The van der Waals surface area contributed by atoms with Gasteiger partial charge in [0.25, 0.3) is 0 Å². The largest absolute Gasteiger partial charge is 0.486 e. The van der Waals surface area contributed by atoms with Crippen LogP contribution in [0.3, 0.4) is 0 Å². The first-order valence-corrected chi connectivity index (χ1v) is 11.8. The SMILES string of the molecule is COCC(C)Oc1cc(F)cc2ccc(-c3nnc4ccc([C@@H](N5CCC(N)C5)C(F)(F)F)cn34)nc12. The minimum Gasteiger partial charge on any atom is -0.486 e. The number of benzene rings is 1. The Morgan fingerprint density at radius 2 is 1.97 bits per heavy atom. The molecule has 5 rings (SSSR count). The lowest BCUT2D eigenvalue weighted by Gasteiger charge is -2.30. The van der Waals surface area contributed by atoms with E-state index in [1.807, 2.05) is 0 Å². The van der Waals surface area contributed by atoms with Crippen LogP contribution in [0.4, 0.5) is 17.6 Å². The Morgan fingerprint density at radius 3 is 2.68 bits per heavy atom. The first kappa shape index (κ1) is 25.3. The van der Waals surface area contributed by atoms with Gasteiger partial charge in [-0.1, -0.05) is 12.1 Å². The Bertz CT molecular complexity index is 1430. The Balaban J connectivity index is 1.58. The van der Waals surface area contributed by atoms with Crippen molar-refractivity contribution < 1.29 is 27.0 Å². The van der Waals surface area contributed by atoms with Gasteiger partial charge in [0, 0.05) is 43.9 Å². The number of methoxy groups -OCH3 is 1. The number of nitrogens with two attached hydrogens (primary N) is 1. The Labute approximate surface area is 210 Å². The van der Waals surface area contributed by atoms with Gasteiger partial charge in [-0.3, -0.25) is 9.30 Å². The van der Waals surface area contributed by atoms with Crippen molar-refractivity contribution in [2.24, 2.45) is 5.73 Å². The highest BCUT2D eigenvalue weighted by atomic mass is 19.4. The number of pyridine rings is 2. The quantitative estimate of drug-likeness (QED) is 0.368. The van der Waals surface area contributed by atoms with E-state index in [0.29, 0.717) is 28.7 Å². The molecule has 2 unspecified atom stereocenters. The normalized spacial score (nSPS) is 18.5. The second-order valence-electron chi connectivity index (χ2n) is 9.26. The van der Waals surface area contributed by atoms with E-state index in [0.717, 1.165) is 0 Å². The lowest BCUT2D eigenvalue weighted by atomic mass is 10.1. The highest BCUT2D eigenvalue weighted by Crippen LogP contribution is 2.39. The molecule has 0 bridgehead atoms. The van der Waals surface area contributed by atoms with Crippen LogP contribution in [0.15, 0.2) is 42.6 Å². The summed E-state index contributed by atoms with van der Waals surface area (Å²) in [4.78, 5) is 5.98. The first-order valence-electron chi connectivity index (χ1n) is 11.8. The average Bonchev–Trinajstić information content (AvgIpc) is 3.44. The molecule has 196 valence electrons. The average molecular weight is 519 g/mol. The number of aromatic nitrogens is 4. The fourth-order valence-corrected chi connectivity index (χ4v) is 4.77. The number of hydrogen-bond acceptors (Lipinski definition) is 7. The molecule has 3 aromatic heterocycles. The van der Waals surface area contributed by atoms with Crippen LogP contribution in [0.25, 0.3) is 28.1 Å². The summed E-state index contributed by atoms with van der Waals surface area (Å²) in [7, 11) is 1.53. The van der Waals surface area contributed by atoms with E-state index < -0.39 is 18.0 Å². The zero-order valence-corrected chi connectivity index (χ0v) is 20.2. The van der Waals surface area contributed by atoms with E-state index in [4.69, 9.17) is 15.2 Å². The number of fused-ring (bicyclic) bond motifs is 2. The summed E-state index contributed by atoms with van der Waals surface area (Å²) in [5.41, 5.74) is 7.04. The van der Waals surface area contributed by atoms with Crippen LogP contribution in [0.1, 0.15) is 24.9 Å². The topological polar surface area (TPSA) is 90.8 Å². The standard InChI is InChI=1S/C25H26F4N6O2/c1-14(13-36-2)37-20-10-17(26)9-15-3-5-19(31-22(15)20)24-33-32-21-6-4-16(11-35(21)24)23(25(27,28)29)34-8-7-18(30)12-34/h3-6,9-11,14,18,23H,7-8,12-13,30H2,1-2H3/t14?,18?,23-/m1/s1. The molecule has 0 aliphatic carbocycles. The predicted molar refractivity (Wildman–Crippen MR) is 129 cm³/mol. The molecule has 0 saturated carbocycles. The van der Waals surface area contributed by atoms with E-state index >= 15 is 0 Å². The maximum Gasteiger partial charge on any atom is 0.408 e. The molecule has 0 spiro atoms. The summed E-state index contributed by atoms with van der Waals surface area (Å²) in [6.45, 7) is 2.48. The smallest absolute Gasteiger partial charge is 0.408 e. The number of likely N-dealkylation sites (tertiary alicyclic amines) is 1. The molecule has 1 aromatic carbocycles. The van der Waals surface area contributed by atoms with Gasteiger partial charge in [-0.15, -0.1) is 10.2 Å². The minimum atomic E-state index is -4.50. The van der Waals surface area contributed by atoms with Gasteiger partial charge in [-0.25, -0.2) is 9.37 Å². The van der Waals surface area contributed by atoms with Crippen LogP contribution < -0.4 is 10.5 Å². The van der Waals surface area contributed by atoms with E-state index in [1.165, 1.54) is 46.9 Å². The summed E-state index contributed by atoms with van der Waals surface area (Å²) in [6.07, 6.45) is -2.97. The van der Waals surface area contributed by atoms with Crippen molar-refractivity contribution >= 4 is 16.6 Å². The fraction of sp³-hybridized carbons (Fsp3) is 0.400. The molecular formula is C25H26F4N6O2. The van der Waals surface area contributed by atoms with Gasteiger partial charge in [-0.05, 0) is 37.1 Å². The summed E-state index contributed by atoms with van der Waals surface area (Å²) in [5.74, 6) is -0.0181. The maximum atomic E-state index is 14.2. The van der Waals surface area contributed by atoms with Crippen LogP contribution in [0.5, 0.6) is 5.75 Å². The van der Waals surface area contributed by atoms with Crippen LogP contribution in [0.2, 0.25) is 0 Å². The lowest BCUT2D eigenvalue weighted by Crippen LogP contribution is -2.38. The third-order valence-electron chi connectivity index (χ3n) is 6.35. The van der Waals surface area contributed by atoms with Crippen LogP contribution in [-0.2, 0) is 4.74 Å². The van der Waals surface area contributed by atoms with Gasteiger partial charge in [-0.2, -0.15) is 13.2 Å². The van der Waals surface area contributed by atoms with Crippen molar-refractivity contribution in [3.8, 4) is 17.3 Å². The zero-order chi connectivity index (χ0) is 26.3. The molecule has 4 heterocycles. The number of hydrogen-bond donors (Lipinski definition) is 1.